The molecule has 10 nitrogen and oxygen atoms in total. The van der Waals surface area contributed by atoms with Gasteiger partial charge in [-0.15, -0.1) is 0 Å². The molecule has 0 saturated heterocycles. The summed E-state index contributed by atoms with van der Waals surface area (Å²) in [6.07, 6.45) is 0. The fourth-order valence-electron chi connectivity index (χ4n) is 1.18. The van der Waals surface area contributed by atoms with E-state index in [1.165, 1.54) is 12.1 Å². The minimum Gasteiger partial charge on any atom is -0.263 e. The van der Waals surface area contributed by atoms with Gasteiger partial charge in [0, 0.05) is 5.56 Å². The largest absolute Gasteiger partial charge is 0.401 e. The summed E-state index contributed by atoms with van der Waals surface area (Å²) < 4.78 is 34.4. The van der Waals surface area contributed by atoms with Gasteiger partial charge < -0.3 is 0 Å². The maximum absolute atomic E-state index is 10.7. The summed E-state index contributed by atoms with van der Waals surface area (Å²) in [5.41, 5.74) is 0.289. The van der Waals surface area contributed by atoms with E-state index >= 15 is 0 Å². The topological polar surface area (TPSA) is 154 Å². The second kappa shape index (κ2) is 5.70. The van der Waals surface area contributed by atoms with Crippen molar-refractivity contribution in [2.24, 2.45) is 20.7 Å². The van der Waals surface area contributed by atoms with E-state index in [9.17, 15) is 8.42 Å². The molecule has 98 valence electrons. The molecule has 0 bridgehead atoms. The third-order valence-electron chi connectivity index (χ3n) is 1.77. The van der Waals surface area contributed by atoms with Crippen molar-refractivity contribution in [3.8, 4) is 0 Å². The molecule has 1 aliphatic heterocycles. The summed E-state index contributed by atoms with van der Waals surface area (Å²) in [5, 5.41) is 25.3. The second-order valence-corrected chi connectivity index (χ2v) is 3.89. The van der Waals surface area contributed by atoms with Crippen molar-refractivity contribution >= 4 is 10.4 Å². The number of benzene rings is 1. The predicted octanol–water partition coefficient (Wildman–Crippen LogP) is 1.47. The van der Waals surface area contributed by atoms with E-state index in [-0.39, 0.29) is 5.56 Å². The lowest BCUT2D eigenvalue weighted by molar-refractivity contribution is -0.176. The Labute approximate surface area is 101 Å². The van der Waals surface area contributed by atoms with Crippen LogP contribution >= 0.6 is 0 Å². The number of hydrogen-bond donors (Lipinski definition) is 3. The molecule has 3 N–H and O–H groups in total. The Balaban J connectivity index is 0.000000771. The quantitative estimate of drug-likeness (QED) is 0.431. The maximum Gasteiger partial charge on any atom is 0.401 e. The zero-order valence-corrected chi connectivity index (χ0v) is 9.47. The highest BCUT2D eigenvalue weighted by atomic mass is 32.3. The van der Waals surface area contributed by atoms with Crippen LogP contribution in [0.15, 0.2) is 51.0 Å². The lowest BCUT2D eigenvalue weighted by atomic mass is 10.1. The van der Waals surface area contributed by atoms with Crippen molar-refractivity contribution in [2.45, 2.75) is 5.85 Å². The molecule has 0 saturated carbocycles. The van der Waals surface area contributed by atoms with Crippen LogP contribution in [0.25, 0.3) is 0 Å². The molecule has 0 aliphatic carbocycles. The fraction of sp³-hybridized carbons (Fsp3) is 0.143. The lowest BCUT2D eigenvalue weighted by Gasteiger charge is -2.17. The van der Waals surface area contributed by atoms with Crippen LogP contribution in [0.1, 0.15) is 5.56 Å². The molecule has 0 amide bonds. The molecule has 0 spiro atoms. The summed E-state index contributed by atoms with van der Waals surface area (Å²) in [6.45, 7) is 0. The van der Waals surface area contributed by atoms with E-state index < -0.39 is 16.2 Å². The molecule has 11 heteroatoms. The zero-order valence-electron chi connectivity index (χ0n) is 8.65. The highest BCUT2D eigenvalue weighted by molar-refractivity contribution is 7.80. The van der Waals surface area contributed by atoms with E-state index in [1.807, 2.05) is 0 Å². The minimum absolute atomic E-state index is 0.289. The minimum atomic E-state index is -4.72. The average molecular weight is 276 g/mol. The lowest BCUT2D eigenvalue weighted by Crippen LogP contribution is -2.26. The Bertz CT molecular complexity index is 530. The number of hydrogen-bond acceptors (Lipinski definition) is 9. The Morgan fingerprint density at radius 3 is 2.00 bits per heavy atom. The predicted molar refractivity (Wildman–Crippen MR) is 55.7 cm³/mol. The van der Waals surface area contributed by atoms with E-state index in [0.717, 1.165) is 0 Å². The molecule has 1 aromatic rings. The van der Waals surface area contributed by atoms with Crippen LogP contribution < -0.4 is 0 Å². The van der Waals surface area contributed by atoms with Crippen LogP contribution in [0, 0.1) is 0 Å². The summed E-state index contributed by atoms with van der Waals surface area (Å²) in [6, 6.07) is 8.03. The van der Waals surface area contributed by atoms with Gasteiger partial charge in [0.2, 0.25) is 0 Å². The molecule has 1 aliphatic rings. The summed E-state index contributed by atoms with van der Waals surface area (Å²) in [7, 11) is -4.72. The van der Waals surface area contributed by atoms with Gasteiger partial charge in [0.25, 0.3) is 0 Å². The van der Waals surface area contributed by atoms with Crippen molar-refractivity contribution in [2.75, 3.05) is 0 Å². The van der Waals surface area contributed by atoms with Crippen molar-refractivity contribution in [1.82, 2.24) is 0 Å². The van der Waals surface area contributed by atoms with E-state index in [4.69, 9.17) is 15.1 Å². The highest BCUT2D eigenvalue weighted by Crippen LogP contribution is 2.34. The maximum atomic E-state index is 10.7. The van der Waals surface area contributed by atoms with Gasteiger partial charge in [0.15, 0.2) is 0 Å². The van der Waals surface area contributed by atoms with Crippen LogP contribution in [-0.2, 0) is 20.4 Å². The van der Waals surface area contributed by atoms with Crippen LogP contribution in [0.3, 0.4) is 0 Å². The van der Waals surface area contributed by atoms with Gasteiger partial charge in [-0.05, 0) is 10.4 Å². The Kier molecular flexibility index (Phi) is 4.52. The van der Waals surface area contributed by atoms with Crippen LogP contribution in [0.5, 0.6) is 0 Å². The molecular formula is C7H8N4O6S. The first-order chi connectivity index (χ1) is 8.52. The summed E-state index contributed by atoms with van der Waals surface area (Å²) in [5.74, 6) is -1.95. The molecule has 0 atom stereocenters. The van der Waals surface area contributed by atoms with Gasteiger partial charge in [-0.2, -0.15) is 12.6 Å². The van der Waals surface area contributed by atoms with Gasteiger partial charge in [0.1, 0.15) is 0 Å². The second-order valence-electron chi connectivity index (χ2n) is 2.86. The molecule has 1 heterocycles. The highest BCUT2D eigenvalue weighted by Gasteiger charge is 2.41. The van der Waals surface area contributed by atoms with Crippen LogP contribution in [-0.4, -0.2) is 23.5 Å². The third-order valence-corrected chi connectivity index (χ3v) is 2.21. The first-order valence-electron chi connectivity index (χ1n) is 4.29. The molecular weight excluding hydrogens is 268 g/mol. The third kappa shape index (κ3) is 3.35. The van der Waals surface area contributed by atoms with Crippen molar-refractivity contribution in [1.29, 1.82) is 0 Å². The Morgan fingerprint density at radius 2 is 1.56 bits per heavy atom. The van der Waals surface area contributed by atoms with E-state index in [1.54, 1.807) is 18.2 Å². The number of rotatable bonds is 3. The van der Waals surface area contributed by atoms with Crippen molar-refractivity contribution in [3.05, 3.63) is 35.9 Å². The van der Waals surface area contributed by atoms with E-state index in [0.29, 0.717) is 0 Å². The standard InChI is InChI=1S/C7H6N4O4S.H2O2/c12-16(13,14)15-7(8-10-11-9-7)6-4-2-1-3-5-6;1-2/h1-5H,(H,12,13,14);1-2H. The van der Waals surface area contributed by atoms with Gasteiger partial charge >= 0.3 is 16.2 Å². The molecule has 0 aromatic heterocycles. The van der Waals surface area contributed by atoms with Crippen LogP contribution in [0.2, 0.25) is 0 Å². The van der Waals surface area contributed by atoms with Crippen LogP contribution in [0.4, 0.5) is 0 Å². The van der Waals surface area contributed by atoms with Gasteiger partial charge in [-0.3, -0.25) is 15.1 Å². The molecule has 0 fully saturated rings. The molecule has 0 unspecified atom stereocenters. The molecule has 1 aromatic carbocycles. The molecule has 18 heavy (non-hydrogen) atoms. The average Bonchev–Trinajstić information content (AvgIpc) is 2.80. The fourth-order valence-corrected chi connectivity index (χ4v) is 1.64. The van der Waals surface area contributed by atoms with Crippen molar-refractivity contribution < 1.29 is 27.7 Å². The normalized spacial score (nSPS) is 16.2. The molecule has 2 rings (SSSR count). The van der Waals surface area contributed by atoms with Gasteiger partial charge in [0.05, 0.1) is 0 Å². The Morgan fingerprint density at radius 1 is 1.06 bits per heavy atom. The molecule has 0 radical (unpaired) electrons. The number of nitrogens with zero attached hydrogens (tertiary/aromatic N) is 4. The monoisotopic (exact) mass is 276 g/mol. The SMILES string of the molecule is O=S(=O)(O)OC1(c2ccccc2)N=NN=N1.OO. The van der Waals surface area contributed by atoms with Gasteiger partial charge in [-0.1, -0.05) is 40.6 Å². The van der Waals surface area contributed by atoms with E-state index in [2.05, 4.69) is 24.9 Å². The summed E-state index contributed by atoms with van der Waals surface area (Å²) in [4.78, 5) is 0. The smallest absolute Gasteiger partial charge is 0.263 e. The first kappa shape index (κ1) is 14.3. The van der Waals surface area contributed by atoms with Gasteiger partial charge in [-0.25, -0.2) is 0 Å². The first-order valence-corrected chi connectivity index (χ1v) is 5.66. The Hall–Kier alpha value is -1.79. The zero-order chi connectivity index (χ0) is 13.6. The van der Waals surface area contributed by atoms with Crippen molar-refractivity contribution in [3.63, 3.8) is 0 Å². The summed E-state index contributed by atoms with van der Waals surface area (Å²) >= 11 is 0.